The number of likely N-dealkylation sites (N-methyl/N-ethyl adjacent to an activating group) is 1. The van der Waals surface area contributed by atoms with Crippen molar-refractivity contribution in [2.45, 2.75) is 26.4 Å². The molecule has 27 heavy (non-hydrogen) atoms. The van der Waals surface area contributed by atoms with Crippen LogP contribution >= 0.6 is 0 Å². The molecule has 6 nitrogen and oxygen atoms in total. The van der Waals surface area contributed by atoms with Crippen molar-refractivity contribution >= 4 is 17.6 Å². The Bertz CT molecular complexity index is 775. The van der Waals surface area contributed by atoms with Crippen LogP contribution in [-0.2, 0) is 20.7 Å². The lowest BCUT2D eigenvalue weighted by Gasteiger charge is -2.24. The summed E-state index contributed by atoms with van der Waals surface area (Å²) in [5.74, 6) is 0.379. The molecule has 1 amide bonds. The summed E-state index contributed by atoms with van der Waals surface area (Å²) in [6.07, 6.45) is -0.840. The van der Waals surface area contributed by atoms with E-state index in [0.29, 0.717) is 23.6 Å². The van der Waals surface area contributed by atoms with E-state index in [-0.39, 0.29) is 12.3 Å². The number of methoxy groups -OCH3 is 2. The first kappa shape index (κ1) is 20.3. The molecule has 0 unspecified atom stereocenters. The Labute approximate surface area is 159 Å². The molecular formula is C21H25NO5. The fourth-order valence-corrected chi connectivity index (χ4v) is 2.74. The molecule has 6 heteroatoms. The molecular weight excluding hydrogens is 346 g/mol. The summed E-state index contributed by atoms with van der Waals surface area (Å²) in [4.78, 5) is 26.5. The molecule has 0 saturated heterocycles. The number of carbonyl (C=O) groups is 2. The van der Waals surface area contributed by atoms with E-state index in [1.807, 2.05) is 37.3 Å². The van der Waals surface area contributed by atoms with Crippen molar-refractivity contribution < 1.29 is 23.8 Å². The number of anilines is 1. The van der Waals surface area contributed by atoms with Gasteiger partial charge in [-0.25, -0.2) is 0 Å². The minimum Gasteiger partial charge on any atom is -0.493 e. The number of hydrogen-bond acceptors (Lipinski definition) is 5. The molecule has 0 fully saturated rings. The lowest BCUT2D eigenvalue weighted by molar-refractivity contribution is -0.153. The maximum absolute atomic E-state index is 12.7. The van der Waals surface area contributed by atoms with Gasteiger partial charge in [0.1, 0.15) is 0 Å². The summed E-state index contributed by atoms with van der Waals surface area (Å²) in [5, 5.41) is 0. The van der Waals surface area contributed by atoms with Gasteiger partial charge in [-0.05, 0) is 43.7 Å². The second-order valence-corrected chi connectivity index (χ2v) is 5.92. The van der Waals surface area contributed by atoms with Crippen molar-refractivity contribution in [3.8, 4) is 11.5 Å². The van der Waals surface area contributed by atoms with Crippen LogP contribution in [-0.4, -0.2) is 38.7 Å². The number of rotatable bonds is 8. The molecule has 0 N–H and O–H groups in total. The van der Waals surface area contributed by atoms with Gasteiger partial charge in [0.15, 0.2) is 17.6 Å². The zero-order chi connectivity index (χ0) is 19.8. The number of carbonyl (C=O) groups excluding carboxylic acids is 2. The molecule has 0 aromatic heterocycles. The Hall–Kier alpha value is -3.02. The van der Waals surface area contributed by atoms with Crippen LogP contribution < -0.4 is 14.4 Å². The maximum atomic E-state index is 12.7. The van der Waals surface area contributed by atoms with Crippen molar-refractivity contribution in [2.24, 2.45) is 0 Å². The van der Waals surface area contributed by atoms with E-state index in [0.717, 1.165) is 5.69 Å². The molecule has 144 valence electrons. The monoisotopic (exact) mass is 371 g/mol. The highest BCUT2D eigenvalue weighted by Gasteiger charge is 2.24. The smallest absolute Gasteiger partial charge is 0.311 e. The van der Waals surface area contributed by atoms with Crippen LogP contribution in [0, 0.1) is 0 Å². The van der Waals surface area contributed by atoms with E-state index in [2.05, 4.69) is 0 Å². The van der Waals surface area contributed by atoms with Gasteiger partial charge in [0.05, 0.1) is 20.6 Å². The third-order valence-electron chi connectivity index (χ3n) is 4.10. The number of benzene rings is 2. The fraction of sp³-hybridized carbons (Fsp3) is 0.333. The van der Waals surface area contributed by atoms with Crippen LogP contribution in [0.25, 0.3) is 0 Å². The topological polar surface area (TPSA) is 65.1 Å². The highest BCUT2D eigenvalue weighted by molar-refractivity contribution is 5.97. The van der Waals surface area contributed by atoms with Crippen LogP contribution in [0.3, 0.4) is 0 Å². The minimum atomic E-state index is -0.877. The molecule has 0 spiro atoms. The Morgan fingerprint density at radius 2 is 1.67 bits per heavy atom. The standard InChI is InChI=1S/C21H25NO5/c1-5-22(17-9-7-6-8-10-17)21(24)15(2)27-20(23)14-16-11-12-18(25-3)19(13-16)26-4/h6-13,15H,5,14H2,1-4H3/t15-/m0/s1. The Kier molecular flexibility index (Phi) is 7.23. The summed E-state index contributed by atoms with van der Waals surface area (Å²) in [7, 11) is 3.08. The van der Waals surface area contributed by atoms with Gasteiger partial charge in [0.2, 0.25) is 0 Å². The average Bonchev–Trinajstić information content (AvgIpc) is 2.69. The third-order valence-corrected chi connectivity index (χ3v) is 4.10. The minimum absolute atomic E-state index is 0.0371. The summed E-state index contributed by atoms with van der Waals surface area (Å²) >= 11 is 0. The molecule has 1 atom stereocenters. The second-order valence-electron chi connectivity index (χ2n) is 5.92. The van der Waals surface area contributed by atoms with Gasteiger partial charge in [-0.15, -0.1) is 0 Å². The molecule has 2 aromatic carbocycles. The van der Waals surface area contributed by atoms with E-state index < -0.39 is 12.1 Å². The lowest BCUT2D eigenvalue weighted by atomic mass is 10.1. The van der Waals surface area contributed by atoms with Crippen molar-refractivity contribution in [2.75, 3.05) is 25.7 Å². The molecule has 2 aromatic rings. The SMILES string of the molecule is CCN(C(=O)[C@H](C)OC(=O)Cc1ccc(OC)c(OC)c1)c1ccccc1. The quantitative estimate of drug-likeness (QED) is 0.667. The predicted molar refractivity (Wildman–Crippen MR) is 103 cm³/mol. The largest absolute Gasteiger partial charge is 0.493 e. The van der Waals surface area contributed by atoms with Crippen molar-refractivity contribution in [1.82, 2.24) is 0 Å². The van der Waals surface area contributed by atoms with Crippen LogP contribution in [0.2, 0.25) is 0 Å². The van der Waals surface area contributed by atoms with Gasteiger partial charge in [0, 0.05) is 12.2 Å². The molecule has 0 aliphatic rings. The first-order valence-electron chi connectivity index (χ1n) is 8.77. The molecule has 0 heterocycles. The van der Waals surface area contributed by atoms with Gasteiger partial charge in [-0.3, -0.25) is 9.59 Å². The molecule has 0 aliphatic heterocycles. The Balaban J connectivity index is 2.01. The number of nitrogens with zero attached hydrogens (tertiary/aromatic N) is 1. The first-order chi connectivity index (χ1) is 13.0. The van der Waals surface area contributed by atoms with Gasteiger partial charge < -0.3 is 19.1 Å². The summed E-state index contributed by atoms with van der Waals surface area (Å²) < 4.78 is 15.8. The number of ether oxygens (including phenoxy) is 3. The maximum Gasteiger partial charge on any atom is 0.311 e. The van der Waals surface area contributed by atoms with E-state index in [4.69, 9.17) is 14.2 Å². The van der Waals surface area contributed by atoms with Gasteiger partial charge in [-0.1, -0.05) is 24.3 Å². The average molecular weight is 371 g/mol. The fourth-order valence-electron chi connectivity index (χ4n) is 2.74. The Morgan fingerprint density at radius 1 is 1.00 bits per heavy atom. The van der Waals surface area contributed by atoms with Crippen LogP contribution in [0.15, 0.2) is 48.5 Å². The van der Waals surface area contributed by atoms with Gasteiger partial charge in [-0.2, -0.15) is 0 Å². The predicted octanol–water partition coefficient (Wildman–Crippen LogP) is 3.23. The van der Waals surface area contributed by atoms with Crippen LogP contribution in [0.1, 0.15) is 19.4 Å². The molecule has 0 saturated carbocycles. The van der Waals surface area contributed by atoms with Crippen LogP contribution in [0.4, 0.5) is 5.69 Å². The second kappa shape index (κ2) is 9.62. The Morgan fingerprint density at radius 3 is 2.26 bits per heavy atom. The van der Waals surface area contributed by atoms with Gasteiger partial charge >= 0.3 is 5.97 Å². The zero-order valence-corrected chi connectivity index (χ0v) is 16.1. The van der Waals surface area contributed by atoms with Crippen molar-refractivity contribution in [3.63, 3.8) is 0 Å². The summed E-state index contributed by atoms with van der Waals surface area (Å²) in [5.41, 5.74) is 1.49. The normalized spacial score (nSPS) is 11.4. The molecule has 0 bridgehead atoms. The van der Waals surface area contributed by atoms with E-state index in [1.165, 1.54) is 7.11 Å². The molecule has 0 aliphatic carbocycles. The van der Waals surface area contributed by atoms with E-state index in [1.54, 1.807) is 37.1 Å². The third kappa shape index (κ3) is 5.23. The van der Waals surface area contributed by atoms with Crippen LogP contribution in [0.5, 0.6) is 11.5 Å². The zero-order valence-electron chi connectivity index (χ0n) is 16.1. The lowest BCUT2D eigenvalue weighted by Crippen LogP contribution is -2.40. The summed E-state index contributed by atoms with van der Waals surface area (Å²) in [6, 6.07) is 14.5. The highest BCUT2D eigenvalue weighted by atomic mass is 16.5. The van der Waals surface area contributed by atoms with Gasteiger partial charge in [0.25, 0.3) is 5.91 Å². The van der Waals surface area contributed by atoms with Crippen molar-refractivity contribution in [1.29, 1.82) is 0 Å². The highest BCUT2D eigenvalue weighted by Crippen LogP contribution is 2.27. The number of hydrogen-bond donors (Lipinski definition) is 0. The van der Waals surface area contributed by atoms with E-state index >= 15 is 0 Å². The molecule has 0 radical (unpaired) electrons. The van der Waals surface area contributed by atoms with E-state index in [9.17, 15) is 9.59 Å². The number of esters is 1. The first-order valence-corrected chi connectivity index (χ1v) is 8.77. The van der Waals surface area contributed by atoms with Crippen molar-refractivity contribution in [3.05, 3.63) is 54.1 Å². The molecule has 2 rings (SSSR count). The number of para-hydroxylation sites is 1. The summed E-state index contributed by atoms with van der Waals surface area (Å²) in [6.45, 7) is 3.95. The number of amides is 1.